The van der Waals surface area contributed by atoms with Crippen LogP contribution in [-0.2, 0) is 4.79 Å². The lowest BCUT2D eigenvalue weighted by Crippen LogP contribution is -2.33. The predicted octanol–water partition coefficient (Wildman–Crippen LogP) is 3.53. The molecule has 0 aromatic heterocycles. The summed E-state index contributed by atoms with van der Waals surface area (Å²) in [6, 6.07) is 15.6. The molecule has 0 radical (unpaired) electrons. The average molecular weight is 368 g/mol. The number of likely N-dealkylation sites (N-methyl/N-ethyl adjacent to an activating group) is 1. The molecule has 2 aromatic rings. The molecule has 0 saturated heterocycles. The Bertz CT molecular complexity index is 737. The Kier molecular flexibility index (Phi) is 7.89. The van der Waals surface area contributed by atoms with Gasteiger partial charge in [-0.05, 0) is 62.5 Å². The Labute approximate surface area is 161 Å². The summed E-state index contributed by atoms with van der Waals surface area (Å²) in [6.07, 6.45) is 3.35. The van der Waals surface area contributed by atoms with Gasteiger partial charge in [0.2, 0.25) is 5.91 Å². The summed E-state index contributed by atoms with van der Waals surface area (Å²) in [6.45, 7) is 3.11. The van der Waals surface area contributed by atoms with E-state index in [4.69, 9.17) is 9.47 Å². The first kappa shape index (κ1) is 20.5. The monoisotopic (exact) mass is 368 g/mol. The molecule has 1 atom stereocenters. The second kappa shape index (κ2) is 10.4. The molecule has 0 bridgehead atoms. The van der Waals surface area contributed by atoms with Crippen molar-refractivity contribution in [2.75, 3.05) is 34.4 Å². The zero-order chi connectivity index (χ0) is 19.6. The lowest BCUT2D eigenvalue weighted by Gasteiger charge is -2.25. The maximum atomic E-state index is 12.2. The molecule has 1 N–H and O–H groups in total. The van der Waals surface area contributed by atoms with Crippen molar-refractivity contribution in [3.63, 3.8) is 0 Å². The molecule has 0 saturated carbocycles. The van der Waals surface area contributed by atoms with Gasteiger partial charge in [0.25, 0.3) is 0 Å². The van der Waals surface area contributed by atoms with Crippen LogP contribution < -0.4 is 14.8 Å². The van der Waals surface area contributed by atoms with Gasteiger partial charge in [0.1, 0.15) is 11.5 Å². The molecule has 0 spiro atoms. The summed E-state index contributed by atoms with van der Waals surface area (Å²) < 4.78 is 10.6. The molecular weight excluding hydrogens is 340 g/mol. The summed E-state index contributed by atoms with van der Waals surface area (Å²) in [7, 11) is 5.64. The Hall–Kier alpha value is -2.79. The fourth-order valence-electron chi connectivity index (χ4n) is 2.69. The molecule has 5 nitrogen and oxygen atoms in total. The fraction of sp³-hybridized carbons (Fsp3) is 0.318. The topological polar surface area (TPSA) is 50.8 Å². The SMILES string of the molecule is CCOc1ccc(/C=C/C(=O)NCC(c2ccc(OC)cc2)N(C)C)cc1. The van der Waals surface area contributed by atoms with Gasteiger partial charge < -0.3 is 19.7 Å². The van der Waals surface area contributed by atoms with Gasteiger partial charge in [0.05, 0.1) is 19.8 Å². The number of carbonyl (C=O) groups excluding carboxylic acids is 1. The van der Waals surface area contributed by atoms with Crippen molar-refractivity contribution in [2.24, 2.45) is 0 Å². The molecule has 0 aliphatic carbocycles. The van der Waals surface area contributed by atoms with E-state index in [1.807, 2.05) is 69.6 Å². The van der Waals surface area contributed by atoms with Gasteiger partial charge in [0, 0.05) is 12.6 Å². The number of nitrogens with one attached hydrogen (secondary N) is 1. The molecule has 2 aromatic carbocycles. The summed E-state index contributed by atoms with van der Waals surface area (Å²) in [5.74, 6) is 1.52. The highest BCUT2D eigenvalue weighted by atomic mass is 16.5. The first-order chi connectivity index (χ1) is 13.0. The Balaban J connectivity index is 1.92. The highest BCUT2D eigenvalue weighted by molar-refractivity contribution is 5.91. The minimum Gasteiger partial charge on any atom is -0.497 e. The number of rotatable bonds is 9. The molecule has 1 amide bonds. The van der Waals surface area contributed by atoms with Gasteiger partial charge in [-0.25, -0.2) is 0 Å². The smallest absolute Gasteiger partial charge is 0.244 e. The second-order valence-electron chi connectivity index (χ2n) is 6.33. The van der Waals surface area contributed by atoms with Gasteiger partial charge in [-0.2, -0.15) is 0 Å². The molecule has 2 rings (SSSR count). The molecule has 144 valence electrons. The van der Waals surface area contributed by atoms with Crippen LogP contribution in [0.15, 0.2) is 54.6 Å². The number of carbonyl (C=O) groups is 1. The van der Waals surface area contributed by atoms with Gasteiger partial charge in [0.15, 0.2) is 0 Å². The van der Waals surface area contributed by atoms with Crippen molar-refractivity contribution >= 4 is 12.0 Å². The van der Waals surface area contributed by atoms with Crippen LogP contribution in [0.4, 0.5) is 0 Å². The number of ether oxygens (including phenoxy) is 2. The second-order valence-corrected chi connectivity index (χ2v) is 6.33. The highest BCUT2D eigenvalue weighted by Gasteiger charge is 2.14. The normalized spacial score (nSPS) is 12.2. The molecule has 0 fully saturated rings. The van der Waals surface area contributed by atoms with Crippen molar-refractivity contribution in [2.45, 2.75) is 13.0 Å². The minimum absolute atomic E-state index is 0.0822. The van der Waals surface area contributed by atoms with Crippen LogP contribution >= 0.6 is 0 Å². The first-order valence-corrected chi connectivity index (χ1v) is 9.02. The van der Waals surface area contributed by atoms with Gasteiger partial charge >= 0.3 is 0 Å². The van der Waals surface area contributed by atoms with Crippen molar-refractivity contribution in [1.82, 2.24) is 10.2 Å². The Morgan fingerprint density at radius 2 is 1.70 bits per heavy atom. The van der Waals surface area contributed by atoms with Crippen LogP contribution in [0.3, 0.4) is 0 Å². The third-order valence-electron chi connectivity index (χ3n) is 4.21. The summed E-state index contributed by atoms with van der Waals surface area (Å²) in [4.78, 5) is 14.3. The van der Waals surface area contributed by atoms with Crippen LogP contribution in [0.25, 0.3) is 6.08 Å². The fourth-order valence-corrected chi connectivity index (χ4v) is 2.69. The lowest BCUT2D eigenvalue weighted by molar-refractivity contribution is -0.116. The number of amides is 1. The van der Waals surface area contributed by atoms with Crippen molar-refractivity contribution in [1.29, 1.82) is 0 Å². The van der Waals surface area contributed by atoms with Crippen molar-refractivity contribution < 1.29 is 14.3 Å². The maximum Gasteiger partial charge on any atom is 0.244 e. The molecule has 0 aliphatic rings. The third-order valence-corrected chi connectivity index (χ3v) is 4.21. The molecule has 27 heavy (non-hydrogen) atoms. The number of benzene rings is 2. The number of methoxy groups -OCH3 is 1. The third kappa shape index (κ3) is 6.46. The standard InChI is InChI=1S/C22H28N2O3/c1-5-27-20-11-6-17(7-12-20)8-15-22(25)23-16-21(24(2)3)18-9-13-19(26-4)14-10-18/h6-15,21H,5,16H2,1-4H3,(H,23,25)/b15-8+. The quantitative estimate of drug-likeness (QED) is 0.688. The average Bonchev–Trinajstić information content (AvgIpc) is 2.68. The largest absolute Gasteiger partial charge is 0.497 e. The number of hydrogen-bond donors (Lipinski definition) is 1. The van der Waals surface area contributed by atoms with E-state index >= 15 is 0 Å². The van der Waals surface area contributed by atoms with Gasteiger partial charge in [-0.3, -0.25) is 4.79 Å². The number of nitrogens with zero attached hydrogens (tertiary/aromatic N) is 1. The first-order valence-electron chi connectivity index (χ1n) is 9.02. The molecule has 0 aliphatic heterocycles. The molecule has 1 unspecified atom stereocenters. The van der Waals surface area contributed by atoms with Crippen molar-refractivity contribution in [3.05, 3.63) is 65.7 Å². The van der Waals surface area contributed by atoms with Crippen LogP contribution in [0.1, 0.15) is 24.1 Å². The van der Waals surface area contributed by atoms with Gasteiger partial charge in [-0.15, -0.1) is 0 Å². The molecule has 5 heteroatoms. The van der Waals surface area contributed by atoms with E-state index in [1.54, 1.807) is 19.3 Å². The number of hydrogen-bond acceptors (Lipinski definition) is 4. The van der Waals surface area contributed by atoms with E-state index < -0.39 is 0 Å². The Morgan fingerprint density at radius 1 is 1.07 bits per heavy atom. The summed E-state index contributed by atoms with van der Waals surface area (Å²) >= 11 is 0. The molecule has 0 heterocycles. The van der Waals surface area contributed by atoms with E-state index in [-0.39, 0.29) is 11.9 Å². The maximum absolute atomic E-state index is 12.2. The van der Waals surface area contributed by atoms with E-state index in [0.717, 1.165) is 22.6 Å². The van der Waals surface area contributed by atoms with Crippen LogP contribution in [0, 0.1) is 0 Å². The zero-order valence-electron chi connectivity index (χ0n) is 16.4. The van der Waals surface area contributed by atoms with Gasteiger partial charge in [-0.1, -0.05) is 24.3 Å². The summed E-state index contributed by atoms with van der Waals surface area (Å²) in [5, 5.41) is 2.97. The zero-order valence-corrected chi connectivity index (χ0v) is 16.4. The van der Waals surface area contributed by atoms with E-state index in [9.17, 15) is 4.79 Å². The van der Waals surface area contributed by atoms with E-state index in [1.165, 1.54) is 0 Å². The van der Waals surface area contributed by atoms with E-state index in [2.05, 4.69) is 10.2 Å². The Morgan fingerprint density at radius 3 is 2.26 bits per heavy atom. The molecular formula is C22H28N2O3. The highest BCUT2D eigenvalue weighted by Crippen LogP contribution is 2.20. The minimum atomic E-state index is -0.121. The van der Waals surface area contributed by atoms with Crippen molar-refractivity contribution in [3.8, 4) is 11.5 Å². The summed E-state index contributed by atoms with van der Waals surface area (Å²) in [5.41, 5.74) is 2.07. The lowest BCUT2D eigenvalue weighted by atomic mass is 10.1. The van der Waals surface area contributed by atoms with Crippen LogP contribution in [-0.4, -0.2) is 45.2 Å². The van der Waals surface area contributed by atoms with Crippen LogP contribution in [0.2, 0.25) is 0 Å². The predicted molar refractivity (Wildman–Crippen MR) is 109 cm³/mol. The van der Waals surface area contributed by atoms with Crippen LogP contribution in [0.5, 0.6) is 11.5 Å². The van der Waals surface area contributed by atoms with E-state index in [0.29, 0.717) is 13.2 Å².